The largest absolute Gasteiger partial charge is 0.391 e. The predicted molar refractivity (Wildman–Crippen MR) is 61.7 cm³/mol. The molecule has 14 heavy (non-hydrogen) atoms. The number of aliphatic hydroxyl groups is 1. The smallest absolute Gasteiger partial charge is 0.0730 e. The van der Waals surface area contributed by atoms with Crippen LogP contribution in [0.5, 0.6) is 0 Å². The van der Waals surface area contributed by atoms with Gasteiger partial charge in [0.05, 0.1) is 12.1 Å². The number of hydrogen-bond acceptors (Lipinski definition) is 2. The zero-order chi connectivity index (χ0) is 9.84. The van der Waals surface area contributed by atoms with Crippen molar-refractivity contribution in [2.24, 2.45) is 5.73 Å². The van der Waals surface area contributed by atoms with E-state index in [0.29, 0.717) is 6.42 Å². The summed E-state index contributed by atoms with van der Waals surface area (Å²) >= 11 is 0. The second-order valence-corrected chi connectivity index (χ2v) is 3.36. The van der Waals surface area contributed by atoms with Gasteiger partial charge in [0.15, 0.2) is 0 Å². The topological polar surface area (TPSA) is 46.2 Å². The maximum Gasteiger partial charge on any atom is 0.0730 e. The van der Waals surface area contributed by atoms with Crippen molar-refractivity contribution in [3.63, 3.8) is 0 Å². The van der Waals surface area contributed by atoms with E-state index in [2.05, 4.69) is 0 Å². The summed E-state index contributed by atoms with van der Waals surface area (Å²) in [5.74, 6) is 0. The maximum absolute atomic E-state index is 9.58. The third-order valence-corrected chi connectivity index (χ3v) is 2.38. The Kier molecular flexibility index (Phi) is 5.77. The summed E-state index contributed by atoms with van der Waals surface area (Å²) in [5.41, 5.74) is 8.08. The molecule has 0 aliphatic heterocycles. The second kappa shape index (κ2) is 6.02. The fourth-order valence-electron chi connectivity index (χ4n) is 1.42. The van der Waals surface area contributed by atoms with Gasteiger partial charge in [-0.05, 0) is 24.5 Å². The summed E-state index contributed by atoms with van der Waals surface area (Å²) in [4.78, 5) is 0. The molecule has 0 heterocycles. The van der Waals surface area contributed by atoms with Gasteiger partial charge in [0.25, 0.3) is 0 Å². The minimum Gasteiger partial charge on any atom is -0.391 e. The highest BCUT2D eigenvalue weighted by Gasteiger charge is 2.15. The van der Waals surface area contributed by atoms with E-state index in [1.54, 1.807) is 0 Å². The molecule has 0 aliphatic rings. The Morgan fingerprint density at radius 2 is 1.93 bits per heavy atom. The molecule has 0 saturated heterocycles. The lowest BCUT2D eigenvalue weighted by atomic mass is 9.97. The molecule has 1 aromatic carbocycles. The van der Waals surface area contributed by atoms with Crippen LogP contribution in [0.25, 0.3) is 0 Å². The average molecular weight is 216 g/mol. The van der Waals surface area contributed by atoms with E-state index in [9.17, 15) is 5.11 Å². The molecular formula is C11H18ClNO. The quantitative estimate of drug-likeness (QED) is 0.812. The number of aryl methyl sites for hydroxylation is 1. The summed E-state index contributed by atoms with van der Waals surface area (Å²) in [6, 6.07) is 7.65. The standard InChI is InChI=1S/C11H17NO.ClH/c1-3-10(13)11(12)9-7-5-4-6-8(9)2;/h4-7,10-11,13H,3,12H2,1-2H3;1H/t10-,11+;/m0./s1. The second-order valence-electron chi connectivity index (χ2n) is 3.36. The molecule has 0 radical (unpaired) electrons. The van der Waals surface area contributed by atoms with Crippen LogP contribution in [-0.2, 0) is 0 Å². The van der Waals surface area contributed by atoms with Crippen LogP contribution in [0.3, 0.4) is 0 Å². The van der Waals surface area contributed by atoms with E-state index >= 15 is 0 Å². The monoisotopic (exact) mass is 215 g/mol. The zero-order valence-corrected chi connectivity index (χ0v) is 9.42. The lowest BCUT2D eigenvalue weighted by Crippen LogP contribution is -2.26. The molecule has 3 N–H and O–H groups in total. The first-order valence-electron chi connectivity index (χ1n) is 4.66. The van der Waals surface area contributed by atoms with Gasteiger partial charge in [-0.25, -0.2) is 0 Å². The maximum atomic E-state index is 9.58. The van der Waals surface area contributed by atoms with Crippen LogP contribution in [0.4, 0.5) is 0 Å². The molecule has 0 fully saturated rings. The van der Waals surface area contributed by atoms with Gasteiger partial charge in [-0.3, -0.25) is 0 Å². The fraction of sp³-hybridized carbons (Fsp3) is 0.455. The van der Waals surface area contributed by atoms with E-state index in [4.69, 9.17) is 5.73 Å². The van der Waals surface area contributed by atoms with Crippen molar-refractivity contribution in [2.45, 2.75) is 32.4 Å². The predicted octanol–water partition coefficient (Wildman–Crippen LogP) is 2.19. The van der Waals surface area contributed by atoms with Crippen molar-refractivity contribution in [3.8, 4) is 0 Å². The van der Waals surface area contributed by atoms with Crippen LogP contribution in [0.1, 0.15) is 30.5 Å². The Bertz CT molecular complexity index is 278. The van der Waals surface area contributed by atoms with Crippen LogP contribution >= 0.6 is 12.4 Å². The molecule has 0 amide bonds. The van der Waals surface area contributed by atoms with E-state index in [-0.39, 0.29) is 18.4 Å². The highest BCUT2D eigenvalue weighted by atomic mass is 35.5. The molecule has 3 heteroatoms. The molecule has 80 valence electrons. The molecule has 0 aromatic heterocycles. The molecular weight excluding hydrogens is 198 g/mol. The Morgan fingerprint density at radius 1 is 1.36 bits per heavy atom. The molecule has 0 saturated carbocycles. The number of halogens is 1. The Morgan fingerprint density at radius 3 is 2.43 bits per heavy atom. The summed E-state index contributed by atoms with van der Waals surface area (Å²) in [6.07, 6.45) is 0.247. The van der Waals surface area contributed by atoms with Gasteiger partial charge >= 0.3 is 0 Å². The van der Waals surface area contributed by atoms with E-state index in [1.807, 2.05) is 38.1 Å². The summed E-state index contributed by atoms with van der Waals surface area (Å²) in [6.45, 7) is 3.94. The van der Waals surface area contributed by atoms with Gasteiger partial charge in [-0.1, -0.05) is 31.2 Å². The number of aliphatic hydroxyl groups excluding tert-OH is 1. The lowest BCUT2D eigenvalue weighted by molar-refractivity contribution is 0.140. The van der Waals surface area contributed by atoms with Crippen LogP contribution in [0, 0.1) is 6.92 Å². The normalized spacial score (nSPS) is 14.3. The third-order valence-electron chi connectivity index (χ3n) is 2.38. The van der Waals surface area contributed by atoms with Crippen LogP contribution < -0.4 is 5.73 Å². The van der Waals surface area contributed by atoms with E-state index in [1.165, 1.54) is 0 Å². The number of benzene rings is 1. The lowest BCUT2D eigenvalue weighted by Gasteiger charge is -2.19. The van der Waals surface area contributed by atoms with Crippen molar-refractivity contribution < 1.29 is 5.11 Å². The van der Waals surface area contributed by atoms with Crippen molar-refractivity contribution in [2.75, 3.05) is 0 Å². The van der Waals surface area contributed by atoms with Crippen LogP contribution in [0.15, 0.2) is 24.3 Å². The highest BCUT2D eigenvalue weighted by molar-refractivity contribution is 5.85. The molecule has 2 nitrogen and oxygen atoms in total. The van der Waals surface area contributed by atoms with E-state index < -0.39 is 6.10 Å². The molecule has 0 bridgehead atoms. The molecule has 0 aliphatic carbocycles. The van der Waals surface area contributed by atoms with Gasteiger partial charge in [0, 0.05) is 0 Å². The SMILES string of the molecule is CC[C@H](O)[C@H](N)c1ccccc1C.Cl. The number of hydrogen-bond donors (Lipinski definition) is 2. The van der Waals surface area contributed by atoms with Crippen molar-refractivity contribution in [1.29, 1.82) is 0 Å². The van der Waals surface area contributed by atoms with E-state index in [0.717, 1.165) is 11.1 Å². The number of nitrogens with two attached hydrogens (primary N) is 1. The molecule has 0 unspecified atom stereocenters. The number of rotatable bonds is 3. The minimum absolute atomic E-state index is 0. The van der Waals surface area contributed by atoms with Crippen molar-refractivity contribution in [1.82, 2.24) is 0 Å². The van der Waals surface area contributed by atoms with Gasteiger partial charge in [-0.2, -0.15) is 0 Å². The molecule has 2 atom stereocenters. The molecule has 1 aromatic rings. The Balaban J connectivity index is 0.00000169. The molecule has 1 rings (SSSR count). The van der Waals surface area contributed by atoms with Crippen molar-refractivity contribution >= 4 is 12.4 Å². The summed E-state index contributed by atoms with van der Waals surface area (Å²) in [5, 5.41) is 9.58. The zero-order valence-electron chi connectivity index (χ0n) is 8.60. The third kappa shape index (κ3) is 2.98. The van der Waals surface area contributed by atoms with Crippen LogP contribution in [0.2, 0.25) is 0 Å². The first kappa shape index (κ1) is 13.4. The summed E-state index contributed by atoms with van der Waals surface area (Å²) in [7, 11) is 0. The highest BCUT2D eigenvalue weighted by Crippen LogP contribution is 2.19. The van der Waals surface area contributed by atoms with Crippen molar-refractivity contribution in [3.05, 3.63) is 35.4 Å². The first-order chi connectivity index (χ1) is 6.16. The average Bonchev–Trinajstić information content (AvgIpc) is 2.16. The molecule has 0 spiro atoms. The van der Waals surface area contributed by atoms with Gasteiger partial charge < -0.3 is 10.8 Å². The Hall–Kier alpha value is -0.570. The minimum atomic E-state index is -0.443. The summed E-state index contributed by atoms with van der Waals surface area (Å²) < 4.78 is 0. The van der Waals surface area contributed by atoms with Crippen LogP contribution in [-0.4, -0.2) is 11.2 Å². The van der Waals surface area contributed by atoms with Gasteiger partial charge in [-0.15, -0.1) is 12.4 Å². The first-order valence-corrected chi connectivity index (χ1v) is 4.66. The van der Waals surface area contributed by atoms with Gasteiger partial charge in [0.2, 0.25) is 0 Å². The Labute approximate surface area is 91.5 Å². The fourth-order valence-corrected chi connectivity index (χ4v) is 1.42. The van der Waals surface area contributed by atoms with Gasteiger partial charge in [0.1, 0.15) is 0 Å².